The fraction of sp³-hybridized carbons (Fsp3) is 0.417. The van der Waals surface area contributed by atoms with E-state index in [-0.39, 0.29) is 11.2 Å². The molecule has 1 aromatic carbocycles. The minimum Gasteiger partial charge on any atom is -0.408 e. The molecule has 2 aromatic rings. The van der Waals surface area contributed by atoms with Crippen molar-refractivity contribution >= 4 is 11.1 Å². The van der Waals surface area contributed by atoms with Crippen LogP contribution in [0.25, 0.3) is 11.1 Å². The number of fused-ring (bicyclic) bond motifs is 1. The minimum absolute atomic E-state index is 0.0659. The van der Waals surface area contributed by atoms with Crippen LogP contribution in [0, 0.1) is 5.41 Å². The maximum absolute atomic E-state index is 11.6. The molecule has 3 heteroatoms. The van der Waals surface area contributed by atoms with Gasteiger partial charge in [0.15, 0.2) is 5.58 Å². The van der Waals surface area contributed by atoms with Crippen LogP contribution in [0.5, 0.6) is 0 Å². The van der Waals surface area contributed by atoms with Gasteiger partial charge in [-0.15, -0.1) is 0 Å². The van der Waals surface area contributed by atoms with E-state index in [1.165, 1.54) is 0 Å². The first-order valence-electron chi connectivity index (χ1n) is 5.06. The molecule has 1 heterocycles. The number of hydrogen-bond acceptors (Lipinski definition) is 2. The lowest BCUT2D eigenvalue weighted by molar-refractivity contribution is 0.331. The van der Waals surface area contributed by atoms with Crippen LogP contribution in [0.15, 0.2) is 33.5 Å². The Morgan fingerprint density at radius 2 is 1.93 bits per heavy atom. The van der Waals surface area contributed by atoms with Crippen molar-refractivity contribution in [3.8, 4) is 0 Å². The van der Waals surface area contributed by atoms with Crippen LogP contribution in [0.3, 0.4) is 0 Å². The Morgan fingerprint density at radius 3 is 2.60 bits per heavy atom. The average molecular weight is 205 g/mol. The molecule has 1 aromatic heterocycles. The second-order valence-electron chi connectivity index (χ2n) is 4.98. The molecule has 0 aliphatic heterocycles. The molecule has 0 radical (unpaired) electrons. The van der Waals surface area contributed by atoms with Crippen molar-refractivity contribution < 1.29 is 4.42 Å². The highest BCUT2D eigenvalue weighted by Crippen LogP contribution is 2.19. The van der Waals surface area contributed by atoms with Crippen LogP contribution in [0.4, 0.5) is 0 Å². The van der Waals surface area contributed by atoms with Gasteiger partial charge >= 0.3 is 5.76 Å². The molecular formula is C12H15NO2. The van der Waals surface area contributed by atoms with Crippen LogP contribution >= 0.6 is 0 Å². The molecule has 0 amide bonds. The van der Waals surface area contributed by atoms with E-state index < -0.39 is 0 Å². The van der Waals surface area contributed by atoms with Gasteiger partial charge in [-0.2, -0.15) is 0 Å². The first-order valence-corrected chi connectivity index (χ1v) is 5.06. The third kappa shape index (κ3) is 1.96. The molecule has 2 rings (SSSR count). The molecule has 0 aliphatic carbocycles. The van der Waals surface area contributed by atoms with E-state index >= 15 is 0 Å². The van der Waals surface area contributed by atoms with Gasteiger partial charge in [-0.1, -0.05) is 32.9 Å². The largest absolute Gasteiger partial charge is 0.419 e. The first-order chi connectivity index (χ1) is 6.97. The lowest BCUT2D eigenvalue weighted by Gasteiger charge is -2.17. The van der Waals surface area contributed by atoms with E-state index in [4.69, 9.17) is 4.42 Å². The summed E-state index contributed by atoms with van der Waals surface area (Å²) in [6.45, 7) is 6.96. The number of rotatable bonds is 1. The maximum Gasteiger partial charge on any atom is 0.419 e. The molecule has 0 fully saturated rings. The monoisotopic (exact) mass is 205 g/mol. The smallest absolute Gasteiger partial charge is 0.408 e. The second kappa shape index (κ2) is 3.26. The summed E-state index contributed by atoms with van der Waals surface area (Å²) >= 11 is 0. The van der Waals surface area contributed by atoms with Crippen molar-refractivity contribution in [1.82, 2.24) is 4.57 Å². The van der Waals surface area contributed by atoms with Crippen LogP contribution in [-0.4, -0.2) is 4.57 Å². The molecule has 0 saturated carbocycles. The highest BCUT2D eigenvalue weighted by atomic mass is 16.4. The Bertz CT molecular complexity index is 528. The van der Waals surface area contributed by atoms with E-state index in [0.717, 1.165) is 5.52 Å². The van der Waals surface area contributed by atoms with E-state index in [1.54, 1.807) is 4.57 Å². The fourth-order valence-corrected chi connectivity index (χ4v) is 1.64. The molecule has 0 bridgehead atoms. The van der Waals surface area contributed by atoms with Crippen molar-refractivity contribution in [3.63, 3.8) is 0 Å². The van der Waals surface area contributed by atoms with Gasteiger partial charge in [0.05, 0.1) is 5.52 Å². The summed E-state index contributed by atoms with van der Waals surface area (Å²) in [4.78, 5) is 11.6. The van der Waals surface area contributed by atoms with Crippen LogP contribution in [0.1, 0.15) is 20.8 Å². The Labute approximate surface area is 88.3 Å². The van der Waals surface area contributed by atoms with Crippen molar-refractivity contribution in [3.05, 3.63) is 34.8 Å². The van der Waals surface area contributed by atoms with Gasteiger partial charge < -0.3 is 4.42 Å². The van der Waals surface area contributed by atoms with Gasteiger partial charge in [0.2, 0.25) is 0 Å². The van der Waals surface area contributed by atoms with Gasteiger partial charge in [-0.25, -0.2) is 4.79 Å². The summed E-state index contributed by atoms with van der Waals surface area (Å²) in [6, 6.07) is 7.50. The molecule has 0 saturated heterocycles. The van der Waals surface area contributed by atoms with Crippen LogP contribution in [-0.2, 0) is 6.54 Å². The zero-order valence-corrected chi connectivity index (χ0v) is 9.28. The third-order valence-electron chi connectivity index (χ3n) is 2.21. The minimum atomic E-state index is -0.272. The zero-order valence-electron chi connectivity index (χ0n) is 9.28. The van der Waals surface area contributed by atoms with E-state index in [1.807, 2.05) is 24.3 Å². The normalized spacial score (nSPS) is 12.2. The molecule has 0 aliphatic rings. The summed E-state index contributed by atoms with van der Waals surface area (Å²) in [7, 11) is 0. The number of benzene rings is 1. The predicted octanol–water partition coefficient (Wildman–Crippen LogP) is 2.64. The second-order valence-corrected chi connectivity index (χ2v) is 4.98. The lowest BCUT2D eigenvalue weighted by atomic mass is 9.97. The quantitative estimate of drug-likeness (QED) is 0.717. The zero-order chi connectivity index (χ0) is 11.1. The summed E-state index contributed by atoms with van der Waals surface area (Å²) in [6.07, 6.45) is 0. The number of aromatic nitrogens is 1. The van der Waals surface area contributed by atoms with Crippen LogP contribution in [0.2, 0.25) is 0 Å². The highest BCUT2D eigenvalue weighted by Gasteiger charge is 2.16. The molecule has 0 spiro atoms. The Morgan fingerprint density at radius 1 is 1.27 bits per heavy atom. The Balaban J connectivity index is 2.60. The van der Waals surface area contributed by atoms with E-state index in [2.05, 4.69) is 20.8 Å². The highest BCUT2D eigenvalue weighted by molar-refractivity contribution is 5.72. The summed E-state index contributed by atoms with van der Waals surface area (Å²) in [5.74, 6) is -0.272. The topological polar surface area (TPSA) is 35.1 Å². The molecule has 0 N–H and O–H groups in total. The fourth-order valence-electron chi connectivity index (χ4n) is 1.64. The number of hydrogen-bond donors (Lipinski definition) is 0. The van der Waals surface area contributed by atoms with Gasteiger partial charge in [0.25, 0.3) is 0 Å². The number of oxazole rings is 1. The summed E-state index contributed by atoms with van der Waals surface area (Å²) < 4.78 is 6.84. The maximum atomic E-state index is 11.6. The van der Waals surface area contributed by atoms with Crippen LogP contribution < -0.4 is 5.76 Å². The number of nitrogens with zero attached hydrogens (tertiary/aromatic N) is 1. The molecule has 15 heavy (non-hydrogen) atoms. The van der Waals surface area contributed by atoms with Gasteiger partial charge in [-0.3, -0.25) is 4.57 Å². The van der Waals surface area contributed by atoms with Crippen molar-refractivity contribution in [1.29, 1.82) is 0 Å². The van der Waals surface area contributed by atoms with Gasteiger partial charge in [0, 0.05) is 6.54 Å². The van der Waals surface area contributed by atoms with Crippen molar-refractivity contribution in [2.24, 2.45) is 5.41 Å². The molecule has 0 atom stereocenters. The summed E-state index contributed by atoms with van der Waals surface area (Å²) in [5, 5.41) is 0. The summed E-state index contributed by atoms with van der Waals surface area (Å²) in [5.41, 5.74) is 1.60. The van der Waals surface area contributed by atoms with Crippen molar-refractivity contribution in [2.45, 2.75) is 27.3 Å². The first kappa shape index (κ1) is 10.0. The number of para-hydroxylation sites is 2. The standard InChI is InChI=1S/C12H15NO2/c1-12(2,3)8-13-9-6-4-5-7-10(9)15-11(13)14/h4-7H,8H2,1-3H3. The molecular weight excluding hydrogens is 190 g/mol. The molecule has 3 nitrogen and oxygen atoms in total. The predicted molar refractivity (Wildman–Crippen MR) is 59.9 cm³/mol. The lowest BCUT2D eigenvalue weighted by Crippen LogP contribution is -2.23. The van der Waals surface area contributed by atoms with E-state index in [9.17, 15) is 4.79 Å². The van der Waals surface area contributed by atoms with Crippen molar-refractivity contribution in [2.75, 3.05) is 0 Å². The molecule has 0 unspecified atom stereocenters. The Hall–Kier alpha value is -1.51. The van der Waals surface area contributed by atoms with Gasteiger partial charge in [0.1, 0.15) is 0 Å². The van der Waals surface area contributed by atoms with E-state index in [0.29, 0.717) is 12.1 Å². The Kier molecular flexibility index (Phi) is 2.18. The average Bonchev–Trinajstić information content (AvgIpc) is 2.41. The van der Waals surface area contributed by atoms with Gasteiger partial charge in [-0.05, 0) is 17.5 Å². The third-order valence-corrected chi connectivity index (χ3v) is 2.21. The SMILES string of the molecule is CC(C)(C)Cn1c(=O)oc2ccccc21. The molecule has 80 valence electrons.